The zero-order valence-electron chi connectivity index (χ0n) is 15.1. The van der Waals surface area contributed by atoms with Gasteiger partial charge in [-0.1, -0.05) is 30.3 Å². The van der Waals surface area contributed by atoms with E-state index in [0.29, 0.717) is 26.4 Å². The normalized spacial score (nSPS) is 19.0. The molecule has 1 heterocycles. The van der Waals surface area contributed by atoms with Crippen molar-refractivity contribution in [2.45, 2.75) is 12.1 Å². The predicted molar refractivity (Wildman–Crippen MR) is 93.4 cm³/mol. The van der Waals surface area contributed by atoms with E-state index < -0.39 is 17.6 Å². The van der Waals surface area contributed by atoms with Gasteiger partial charge in [-0.05, 0) is 5.56 Å². The van der Waals surface area contributed by atoms with E-state index in [1.165, 1.54) is 0 Å². The molecule has 0 bridgehead atoms. The van der Waals surface area contributed by atoms with Gasteiger partial charge in [0, 0.05) is 0 Å². The number of alkyl carbamates (subject to hydrolysis) is 1. The van der Waals surface area contributed by atoms with Crippen molar-refractivity contribution in [2.75, 3.05) is 52.9 Å². The number of ether oxygens (including phenoxy) is 5. The van der Waals surface area contributed by atoms with E-state index in [-0.39, 0.29) is 33.0 Å². The second-order valence-corrected chi connectivity index (χ2v) is 5.90. The minimum atomic E-state index is -1.78. The van der Waals surface area contributed by atoms with Crippen LogP contribution in [0.2, 0.25) is 0 Å². The molecule has 1 aromatic rings. The number of hydrogen-bond donors (Lipinski definition) is 2. The number of hydrogen-bond acceptors (Lipinski definition) is 7. The molecule has 0 spiro atoms. The van der Waals surface area contributed by atoms with Gasteiger partial charge in [-0.3, -0.25) is 0 Å². The topological polar surface area (TPSA) is 113 Å². The summed E-state index contributed by atoms with van der Waals surface area (Å²) in [5.41, 5.74) is -0.990. The van der Waals surface area contributed by atoms with Gasteiger partial charge in [0.15, 0.2) is 5.54 Å². The number of carboxylic acids is 1. The molecule has 0 radical (unpaired) electrons. The molecule has 2 rings (SSSR count). The predicted octanol–water partition coefficient (Wildman–Crippen LogP) is 0.816. The SMILES string of the molecule is O=C(NC1(C(=O)O)COCCOCCOCCOC1)OCc1ccccc1. The van der Waals surface area contributed by atoms with Crippen LogP contribution in [0.25, 0.3) is 0 Å². The Morgan fingerprint density at radius 1 is 0.926 bits per heavy atom. The number of benzene rings is 1. The van der Waals surface area contributed by atoms with Gasteiger partial charge in [0.1, 0.15) is 6.61 Å². The number of nitrogens with one attached hydrogen (secondary N) is 1. The molecule has 1 aliphatic heterocycles. The van der Waals surface area contributed by atoms with E-state index in [1.54, 1.807) is 12.1 Å². The van der Waals surface area contributed by atoms with Gasteiger partial charge in [0.05, 0.1) is 52.9 Å². The van der Waals surface area contributed by atoms with Crippen LogP contribution in [0.15, 0.2) is 30.3 Å². The molecule has 1 fully saturated rings. The highest BCUT2D eigenvalue weighted by atomic mass is 16.6. The van der Waals surface area contributed by atoms with E-state index in [1.807, 2.05) is 18.2 Å². The van der Waals surface area contributed by atoms with Crippen molar-refractivity contribution < 1.29 is 38.4 Å². The van der Waals surface area contributed by atoms with E-state index in [4.69, 9.17) is 23.7 Å². The highest BCUT2D eigenvalue weighted by Crippen LogP contribution is 2.10. The summed E-state index contributed by atoms with van der Waals surface area (Å²) >= 11 is 0. The molecule has 9 heteroatoms. The second kappa shape index (κ2) is 11.5. The van der Waals surface area contributed by atoms with Crippen LogP contribution in [0.3, 0.4) is 0 Å². The maximum Gasteiger partial charge on any atom is 0.408 e. The fourth-order valence-corrected chi connectivity index (χ4v) is 2.30. The Kier molecular flexibility index (Phi) is 8.99. The Morgan fingerprint density at radius 3 is 1.96 bits per heavy atom. The lowest BCUT2D eigenvalue weighted by atomic mass is 10.0. The summed E-state index contributed by atoms with van der Waals surface area (Å²) in [6.07, 6.45) is -0.870. The van der Waals surface area contributed by atoms with Crippen LogP contribution in [-0.4, -0.2) is 75.6 Å². The first kappa shape index (κ1) is 21.1. The monoisotopic (exact) mass is 383 g/mol. The Labute approximate surface area is 157 Å². The lowest BCUT2D eigenvalue weighted by Gasteiger charge is -2.29. The molecule has 1 aromatic carbocycles. The van der Waals surface area contributed by atoms with Crippen molar-refractivity contribution in [3.05, 3.63) is 35.9 Å². The smallest absolute Gasteiger partial charge is 0.408 e. The number of rotatable bonds is 4. The third kappa shape index (κ3) is 7.51. The van der Waals surface area contributed by atoms with Gasteiger partial charge < -0.3 is 34.1 Å². The molecule has 2 N–H and O–H groups in total. The minimum absolute atomic E-state index is 0.0196. The minimum Gasteiger partial charge on any atom is -0.479 e. The van der Waals surface area contributed by atoms with Crippen LogP contribution in [0.4, 0.5) is 4.79 Å². The lowest BCUT2D eigenvalue weighted by molar-refractivity contribution is -0.151. The Balaban J connectivity index is 1.97. The quantitative estimate of drug-likeness (QED) is 0.786. The molecule has 1 amide bonds. The summed E-state index contributed by atoms with van der Waals surface area (Å²) in [7, 11) is 0. The van der Waals surface area contributed by atoms with Gasteiger partial charge in [0.25, 0.3) is 0 Å². The Morgan fingerprint density at radius 2 is 1.44 bits per heavy atom. The maximum absolute atomic E-state index is 12.2. The highest BCUT2D eigenvalue weighted by molar-refractivity contribution is 5.84. The van der Waals surface area contributed by atoms with Crippen molar-refractivity contribution in [1.29, 1.82) is 0 Å². The molecule has 0 atom stereocenters. The average molecular weight is 383 g/mol. The summed E-state index contributed by atoms with van der Waals surface area (Å²) in [5, 5.41) is 12.1. The van der Waals surface area contributed by atoms with Gasteiger partial charge in [0.2, 0.25) is 0 Å². The molecular formula is C18H25NO8. The maximum atomic E-state index is 12.2. The van der Waals surface area contributed by atoms with Crippen LogP contribution in [0, 0.1) is 0 Å². The summed E-state index contributed by atoms with van der Waals surface area (Å²) < 4.78 is 26.5. The van der Waals surface area contributed by atoms with Crippen molar-refractivity contribution in [3.63, 3.8) is 0 Å². The van der Waals surface area contributed by atoms with Crippen LogP contribution in [0.1, 0.15) is 5.56 Å². The van der Waals surface area contributed by atoms with Gasteiger partial charge in [-0.15, -0.1) is 0 Å². The zero-order valence-corrected chi connectivity index (χ0v) is 15.1. The van der Waals surface area contributed by atoms with E-state index in [2.05, 4.69) is 5.32 Å². The molecule has 27 heavy (non-hydrogen) atoms. The Bertz CT molecular complexity index is 566. The summed E-state index contributed by atoms with van der Waals surface area (Å²) in [4.78, 5) is 24.0. The van der Waals surface area contributed by atoms with Crippen LogP contribution in [-0.2, 0) is 35.1 Å². The largest absolute Gasteiger partial charge is 0.479 e. The van der Waals surface area contributed by atoms with Crippen molar-refractivity contribution in [1.82, 2.24) is 5.32 Å². The van der Waals surface area contributed by atoms with Crippen molar-refractivity contribution in [3.8, 4) is 0 Å². The van der Waals surface area contributed by atoms with Gasteiger partial charge in [-0.2, -0.15) is 0 Å². The average Bonchev–Trinajstić information content (AvgIpc) is 2.69. The molecule has 1 aliphatic rings. The van der Waals surface area contributed by atoms with E-state index in [0.717, 1.165) is 5.56 Å². The van der Waals surface area contributed by atoms with Crippen LogP contribution < -0.4 is 5.32 Å². The third-order valence-electron chi connectivity index (χ3n) is 3.78. The van der Waals surface area contributed by atoms with Crippen molar-refractivity contribution in [2.24, 2.45) is 0 Å². The number of amides is 1. The number of carbonyl (C=O) groups is 2. The summed E-state index contributed by atoms with van der Waals surface area (Å²) in [6, 6.07) is 9.07. The lowest BCUT2D eigenvalue weighted by Crippen LogP contribution is -2.61. The number of aliphatic carboxylic acids is 1. The molecule has 0 unspecified atom stereocenters. The first-order valence-electron chi connectivity index (χ1n) is 8.66. The zero-order chi connectivity index (χ0) is 19.4. The van der Waals surface area contributed by atoms with Crippen molar-refractivity contribution >= 4 is 12.1 Å². The van der Waals surface area contributed by atoms with Gasteiger partial charge >= 0.3 is 12.1 Å². The standard InChI is InChI=1S/C18H25NO8/c20-16(21)18(19-17(22)27-12-15-4-2-1-3-5-15)13-25-10-8-23-6-7-24-9-11-26-14-18/h1-5H,6-14H2,(H,19,22)(H,20,21). The summed E-state index contributed by atoms with van der Waals surface area (Å²) in [6.45, 7) is 1.21. The van der Waals surface area contributed by atoms with Crippen LogP contribution in [0.5, 0.6) is 0 Å². The first-order chi connectivity index (χ1) is 13.1. The highest BCUT2D eigenvalue weighted by Gasteiger charge is 2.42. The fourth-order valence-electron chi connectivity index (χ4n) is 2.30. The summed E-state index contributed by atoms with van der Waals surface area (Å²) in [5.74, 6) is -1.28. The van der Waals surface area contributed by atoms with Crippen LogP contribution >= 0.6 is 0 Å². The fraction of sp³-hybridized carbons (Fsp3) is 0.556. The molecule has 0 aliphatic carbocycles. The molecule has 1 saturated heterocycles. The first-order valence-corrected chi connectivity index (χ1v) is 8.66. The third-order valence-corrected chi connectivity index (χ3v) is 3.78. The van der Waals surface area contributed by atoms with E-state index in [9.17, 15) is 14.7 Å². The van der Waals surface area contributed by atoms with Gasteiger partial charge in [-0.25, -0.2) is 9.59 Å². The number of carboxylic acid groups (broad SMARTS) is 1. The van der Waals surface area contributed by atoms with E-state index >= 15 is 0 Å². The molecule has 0 saturated carbocycles. The number of carbonyl (C=O) groups excluding carboxylic acids is 1. The Hall–Kier alpha value is -2.20. The molecular weight excluding hydrogens is 358 g/mol. The second-order valence-electron chi connectivity index (χ2n) is 5.90. The molecule has 9 nitrogen and oxygen atoms in total. The molecule has 0 aromatic heterocycles. The molecule has 150 valence electrons.